The number of rotatable bonds is 3. The highest BCUT2D eigenvalue weighted by Crippen LogP contribution is 2.29. The number of nitrogen functional groups attached to an aromatic ring is 1. The third kappa shape index (κ3) is 2.81. The fourth-order valence-corrected chi connectivity index (χ4v) is 2.00. The molecule has 0 saturated heterocycles. The van der Waals surface area contributed by atoms with Gasteiger partial charge < -0.3 is 4.90 Å². The average molecular weight is 319 g/mol. The number of benzene rings is 1. The van der Waals surface area contributed by atoms with E-state index in [-0.39, 0.29) is 0 Å². The van der Waals surface area contributed by atoms with Crippen molar-refractivity contribution in [1.29, 1.82) is 5.26 Å². The summed E-state index contributed by atoms with van der Waals surface area (Å²) >= 11 is 3.40. The molecule has 0 amide bonds. The van der Waals surface area contributed by atoms with Crippen molar-refractivity contribution in [3.63, 3.8) is 0 Å². The number of nitrogens with two attached hydrogens (primary N) is 1. The van der Waals surface area contributed by atoms with Gasteiger partial charge in [-0.25, -0.2) is 10.8 Å². The normalized spacial score (nSPS) is 9.79. The Bertz CT molecular complexity index is 619. The molecule has 1 heterocycles. The number of hydrogen-bond acceptors (Lipinski definition) is 6. The molecule has 19 heavy (non-hydrogen) atoms. The van der Waals surface area contributed by atoms with E-state index in [4.69, 9.17) is 11.1 Å². The van der Waals surface area contributed by atoms with Crippen LogP contribution in [0.3, 0.4) is 0 Å². The molecule has 0 bridgehead atoms. The standard InChI is InChI=1S/C12H11BrN6/c1-19(9-4-2-8(6-14)3-5-9)11-10(13)7-16-12(17-11)18-15/h2-5,7H,15H2,1H3,(H,16,17,18). The summed E-state index contributed by atoms with van der Waals surface area (Å²) in [5.41, 5.74) is 3.92. The lowest BCUT2D eigenvalue weighted by atomic mass is 10.2. The predicted octanol–water partition coefficient (Wildman–Crippen LogP) is 2.16. The van der Waals surface area contributed by atoms with Crippen LogP contribution in [0.4, 0.5) is 17.5 Å². The molecule has 3 N–H and O–H groups in total. The Kier molecular flexibility index (Phi) is 3.94. The summed E-state index contributed by atoms with van der Waals surface area (Å²) in [4.78, 5) is 10.1. The van der Waals surface area contributed by atoms with Crippen molar-refractivity contribution in [3.8, 4) is 6.07 Å². The van der Waals surface area contributed by atoms with Gasteiger partial charge in [0, 0.05) is 18.9 Å². The van der Waals surface area contributed by atoms with E-state index in [1.165, 1.54) is 0 Å². The van der Waals surface area contributed by atoms with Gasteiger partial charge >= 0.3 is 0 Å². The second-order valence-electron chi connectivity index (χ2n) is 3.73. The van der Waals surface area contributed by atoms with Gasteiger partial charge in [0.2, 0.25) is 5.95 Å². The van der Waals surface area contributed by atoms with Crippen molar-refractivity contribution >= 4 is 33.4 Å². The SMILES string of the molecule is CN(c1ccc(C#N)cc1)c1nc(NN)ncc1Br. The molecule has 96 valence electrons. The molecule has 0 aliphatic rings. The van der Waals surface area contributed by atoms with Crippen LogP contribution in [0, 0.1) is 11.3 Å². The van der Waals surface area contributed by atoms with Crippen LogP contribution >= 0.6 is 15.9 Å². The summed E-state index contributed by atoms with van der Waals surface area (Å²) in [6.45, 7) is 0. The molecule has 0 radical (unpaired) electrons. The summed E-state index contributed by atoms with van der Waals surface area (Å²) < 4.78 is 0.748. The predicted molar refractivity (Wildman–Crippen MR) is 76.8 cm³/mol. The summed E-state index contributed by atoms with van der Waals surface area (Å²) in [5, 5.41) is 8.78. The molecule has 2 rings (SSSR count). The molecular weight excluding hydrogens is 308 g/mol. The first-order valence-corrected chi connectivity index (χ1v) is 6.18. The number of halogens is 1. The van der Waals surface area contributed by atoms with Crippen molar-refractivity contribution in [2.24, 2.45) is 5.84 Å². The largest absolute Gasteiger partial charge is 0.328 e. The zero-order valence-corrected chi connectivity index (χ0v) is 11.7. The molecular formula is C12H11BrN6. The maximum Gasteiger partial charge on any atom is 0.239 e. The monoisotopic (exact) mass is 318 g/mol. The van der Waals surface area contributed by atoms with E-state index in [1.807, 2.05) is 24.1 Å². The van der Waals surface area contributed by atoms with E-state index in [0.717, 1.165) is 10.2 Å². The number of nitriles is 1. The van der Waals surface area contributed by atoms with Gasteiger partial charge in [0.25, 0.3) is 0 Å². The van der Waals surface area contributed by atoms with E-state index in [9.17, 15) is 0 Å². The van der Waals surface area contributed by atoms with E-state index >= 15 is 0 Å². The molecule has 7 heteroatoms. The highest BCUT2D eigenvalue weighted by Gasteiger charge is 2.11. The highest BCUT2D eigenvalue weighted by molar-refractivity contribution is 9.10. The Morgan fingerprint density at radius 3 is 2.63 bits per heavy atom. The number of hydrazine groups is 1. The van der Waals surface area contributed by atoms with Crippen LogP contribution in [0.15, 0.2) is 34.9 Å². The summed E-state index contributed by atoms with van der Waals surface area (Å²) in [7, 11) is 1.87. The number of nitrogens with one attached hydrogen (secondary N) is 1. The Hall–Kier alpha value is -2.17. The Morgan fingerprint density at radius 2 is 2.05 bits per heavy atom. The third-order valence-corrected chi connectivity index (χ3v) is 3.12. The lowest BCUT2D eigenvalue weighted by Gasteiger charge is -2.19. The lowest BCUT2D eigenvalue weighted by molar-refractivity contribution is 1.05. The molecule has 0 atom stereocenters. The second kappa shape index (κ2) is 5.65. The van der Waals surface area contributed by atoms with Gasteiger partial charge in [-0.1, -0.05) is 0 Å². The summed E-state index contributed by atoms with van der Waals surface area (Å²) in [6, 6.07) is 9.29. The number of aromatic nitrogens is 2. The number of hydrogen-bond donors (Lipinski definition) is 2. The summed E-state index contributed by atoms with van der Waals surface area (Å²) in [6.07, 6.45) is 1.62. The van der Waals surface area contributed by atoms with Crippen molar-refractivity contribution in [2.75, 3.05) is 17.4 Å². The van der Waals surface area contributed by atoms with Gasteiger partial charge in [-0.2, -0.15) is 10.2 Å². The van der Waals surface area contributed by atoms with Gasteiger partial charge in [0.15, 0.2) is 5.82 Å². The van der Waals surface area contributed by atoms with Crippen LogP contribution in [0.25, 0.3) is 0 Å². The molecule has 1 aromatic heterocycles. The molecule has 2 aromatic rings. The lowest BCUT2D eigenvalue weighted by Crippen LogP contribution is -2.16. The minimum absolute atomic E-state index is 0.332. The van der Waals surface area contributed by atoms with Gasteiger partial charge in [-0.3, -0.25) is 5.43 Å². The maximum absolute atomic E-state index is 8.78. The van der Waals surface area contributed by atoms with Crippen LogP contribution in [0.1, 0.15) is 5.56 Å². The van der Waals surface area contributed by atoms with Crippen molar-refractivity contribution < 1.29 is 0 Å². The number of nitrogens with zero attached hydrogens (tertiary/aromatic N) is 4. The Balaban J connectivity index is 2.37. The molecule has 0 fully saturated rings. The molecule has 0 aliphatic carbocycles. The fourth-order valence-electron chi connectivity index (χ4n) is 1.54. The minimum Gasteiger partial charge on any atom is -0.328 e. The molecule has 0 spiro atoms. The van der Waals surface area contributed by atoms with Crippen LogP contribution in [0.2, 0.25) is 0 Å². The fraction of sp³-hybridized carbons (Fsp3) is 0.0833. The summed E-state index contributed by atoms with van der Waals surface area (Å²) in [5.74, 6) is 6.31. The molecule has 6 nitrogen and oxygen atoms in total. The van der Waals surface area contributed by atoms with Gasteiger partial charge in [-0.15, -0.1) is 0 Å². The average Bonchev–Trinajstić information content (AvgIpc) is 2.47. The Morgan fingerprint density at radius 1 is 1.37 bits per heavy atom. The molecule has 0 unspecified atom stereocenters. The first-order valence-electron chi connectivity index (χ1n) is 5.38. The van der Waals surface area contributed by atoms with Gasteiger partial charge in [0.05, 0.1) is 16.1 Å². The zero-order valence-electron chi connectivity index (χ0n) is 10.1. The van der Waals surface area contributed by atoms with Crippen LogP contribution < -0.4 is 16.2 Å². The second-order valence-corrected chi connectivity index (χ2v) is 4.58. The number of anilines is 3. The van der Waals surface area contributed by atoms with Crippen LogP contribution in [-0.4, -0.2) is 17.0 Å². The van der Waals surface area contributed by atoms with Crippen molar-refractivity contribution in [3.05, 3.63) is 40.5 Å². The van der Waals surface area contributed by atoms with E-state index in [1.54, 1.807) is 18.3 Å². The van der Waals surface area contributed by atoms with E-state index < -0.39 is 0 Å². The molecule has 1 aromatic carbocycles. The first-order chi connectivity index (χ1) is 9.15. The smallest absolute Gasteiger partial charge is 0.239 e. The quantitative estimate of drug-likeness (QED) is 0.665. The maximum atomic E-state index is 8.78. The van der Waals surface area contributed by atoms with Crippen molar-refractivity contribution in [2.45, 2.75) is 0 Å². The highest BCUT2D eigenvalue weighted by atomic mass is 79.9. The minimum atomic E-state index is 0.332. The van der Waals surface area contributed by atoms with Gasteiger partial charge in [-0.05, 0) is 40.2 Å². The zero-order chi connectivity index (χ0) is 13.8. The van der Waals surface area contributed by atoms with E-state index in [0.29, 0.717) is 17.3 Å². The Labute approximate surface area is 119 Å². The molecule has 0 aliphatic heterocycles. The topological polar surface area (TPSA) is 90.9 Å². The third-order valence-electron chi connectivity index (χ3n) is 2.56. The van der Waals surface area contributed by atoms with Gasteiger partial charge in [0.1, 0.15) is 0 Å². The van der Waals surface area contributed by atoms with E-state index in [2.05, 4.69) is 37.4 Å². The van der Waals surface area contributed by atoms with Crippen LogP contribution in [0.5, 0.6) is 0 Å². The van der Waals surface area contributed by atoms with Crippen molar-refractivity contribution in [1.82, 2.24) is 9.97 Å². The first kappa shape index (κ1) is 13.3. The van der Waals surface area contributed by atoms with Crippen LogP contribution in [-0.2, 0) is 0 Å². The molecule has 0 saturated carbocycles.